The van der Waals surface area contributed by atoms with E-state index in [1.54, 1.807) is 0 Å². The number of amides is 2. The van der Waals surface area contributed by atoms with Gasteiger partial charge in [-0.05, 0) is 12.3 Å². The van der Waals surface area contributed by atoms with Crippen LogP contribution in [0.15, 0.2) is 30.3 Å². The summed E-state index contributed by atoms with van der Waals surface area (Å²) in [6, 6.07) is 9.10. The molecule has 6 nitrogen and oxygen atoms in total. The molecule has 0 bridgehead atoms. The monoisotopic (exact) mass is 360 g/mol. The molecule has 2 N–H and O–H groups in total. The van der Waals surface area contributed by atoms with E-state index in [9.17, 15) is 9.59 Å². The van der Waals surface area contributed by atoms with E-state index in [4.69, 9.17) is 0 Å². The number of hydrogen-bond acceptors (Lipinski definition) is 5. The van der Waals surface area contributed by atoms with E-state index in [0.29, 0.717) is 11.6 Å². The molecule has 0 fully saturated rings. The Balaban J connectivity index is 2.07. The Hall–Kier alpha value is -2.28. The SMILES string of the molecule is CCCC(=O)N[C@H](C(=O)Nc1nnc(-c2ccccc2)s1)[C@H](C)CC. The Morgan fingerprint density at radius 3 is 2.52 bits per heavy atom. The van der Waals surface area contributed by atoms with Crippen molar-refractivity contribution in [1.29, 1.82) is 0 Å². The van der Waals surface area contributed by atoms with E-state index in [1.807, 2.05) is 51.1 Å². The van der Waals surface area contributed by atoms with E-state index in [2.05, 4.69) is 20.8 Å². The second kappa shape index (κ2) is 9.27. The van der Waals surface area contributed by atoms with E-state index in [-0.39, 0.29) is 17.7 Å². The molecule has 1 aromatic carbocycles. The summed E-state index contributed by atoms with van der Waals surface area (Å²) in [6.45, 7) is 5.88. The van der Waals surface area contributed by atoms with Gasteiger partial charge in [-0.3, -0.25) is 14.9 Å². The summed E-state index contributed by atoms with van der Waals surface area (Å²) in [5.74, 6) is -0.331. The van der Waals surface area contributed by atoms with Crippen LogP contribution in [-0.4, -0.2) is 28.1 Å². The largest absolute Gasteiger partial charge is 0.344 e. The summed E-state index contributed by atoms with van der Waals surface area (Å²) < 4.78 is 0. The summed E-state index contributed by atoms with van der Waals surface area (Å²) in [7, 11) is 0. The number of aromatic nitrogens is 2. The Kier molecular flexibility index (Phi) is 7.06. The van der Waals surface area contributed by atoms with Gasteiger partial charge >= 0.3 is 0 Å². The molecule has 7 heteroatoms. The van der Waals surface area contributed by atoms with Crippen LogP contribution in [-0.2, 0) is 9.59 Å². The summed E-state index contributed by atoms with van der Waals surface area (Å²) in [6.07, 6.45) is 1.95. The Labute approximate surface area is 152 Å². The fourth-order valence-corrected chi connectivity index (χ4v) is 3.08. The molecule has 0 aliphatic carbocycles. The minimum Gasteiger partial charge on any atom is -0.344 e. The van der Waals surface area contributed by atoms with E-state index in [0.717, 1.165) is 23.4 Å². The van der Waals surface area contributed by atoms with Gasteiger partial charge < -0.3 is 5.32 Å². The van der Waals surface area contributed by atoms with Crippen LogP contribution in [0.25, 0.3) is 10.6 Å². The van der Waals surface area contributed by atoms with Crippen molar-refractivity contribution >= 4 is 28.3 Å². The van der Waals surface area contributed by atoms with Gasteiger partial charge in [0.15, 0.2) is 0 Å². The fraction of sp³-hybridized carbons (Fsp3) is 0.444. The number of benzene rings is 1. The average Bonchev–Trinajstić information content (AvgIpc) is 3.08. The first-order chi connectivity index (χ1) is 12.0. The molecular weight excluding hydrogens is 336 g/mol. The standard InChI is InChI=1S/C18H24N4O2S/c1-4-9-14(23)19-15(12(3)5-2)16(24)20-18-22-21-17(25-18)13-10-7-6-8-11-13/h6-8,10-12,15H,4-5,9H2,1-3H3,(H,19,23)(H,20,22,24)/t12-,15+/m1/s1. The maximum absolute atomic E-state index is 12.6. The first-order valence-corrected chi connectivity index (χ1v) is 9.35. The number of anilines is 1. The van der Waals surface area contributed by atoms with Gasteiger partial charge in [-0.25, -0.2) is 0 Å². The van der Waals surface area contributed by atoms with Crippen LogP contribution in [0.2, 0.25) is 0 Å². The van der Waals surface area contributed by atoms with Gasteiger partial charge in [0.25, 0.3) is 0 Å². The van der Waals surface area contributed by atoms with Crippen LogP contribution in [0, 0.1) is 5.92 Å². The molecule has 2 rings (SSSR count). The zero-order valence-electron chi connectivity index (χ0n) is 14.8. The lowest BCUT2D eigenvalue weighted by molar-refractivity contribution is -0.127. The third-order valence-electron chi connectivity index (χ3n) is 3.96. The Bertz CT molecular complexity index is 702. The van der Waals surface area contributed by atoms with Crippen LogP contribution >= 0.6 is 11.3 Å². The number of carbonyl (C=O) groups excluding carboxylic acids is 2. The third kappa shape index (κ3) is 5.35. The number of nitrogens with one attached hydrogen (secondary N) is 2. The molecule has 2 amide bonds. The van der Waals surface area contributed by atoms with Gasteiger partial charge in [0.2, 0.25) is 16.9 Å². The van der Waals surface area contributed by atoms with Crippen molar-refractivity contribution < 1.29 is 9.59 Å². The smallest absolute Gasteiger partial charge is 0.249 e. The lowest BCUT2D eigenvalue weighted by atomic mass is 9.98. The molecule has 1 heterocycles. The van der Waals surface area contributed by atoms with Crippen LogP contribution in [0.3, 0.4) is 0 Å². The second-order valence-corrected chi connectivity index (χ2v) is 6.93. The zero-order chi connectivity index (χ0) is 18.2. The highest BCUT2D eigenvalue weighted by atomic mass is 32.1. The first kappa shape index (κ1) is 19.1. The predicted molar refractivity (Wildman–Crippen MR) is 100 cm³/mol. The fourth-order valence-electron chi connectivity index (χ4n) is 2.33. The van der Waals surface area contributed by atoms with Crippen molar-refractivity contribution in [2.45, 2.75) is 46.1 Å². The highest BCUT2D eigenvalue weighted by Crippen LogP contribution is 2.26. The van der Waals surface area contributed by atoms with Gasteiger partial charge in [0.1, 0.15) is 11.0 Å². The highest BCUT2D eigenvalue weighted by Gasteiger charge is 2.26. The van der Waals surface area contributed by atoms with E-state index >= 15 is 0 Å². The quantitative estimate of drug-likeness (QED) is 0.755. The minimum absolute atomic E-state index is 0.0299. The van der Waals surface area contributed by atoms with Gasteiger partial charge in [0.05, 0.1) is 0 Å². The highest BCUT2D eigenvalue weighted by molar-refractivity contribution is 7.18. The summed E-state index contributed by atoms with van der Waals surface area (Å²) in [5, 5.41) is 15.0. The van der Waals surface area contributed by atoms with Gasteiger partial charge in [0, 0.05) is 12.0 Å². The summed E-state index contributed by atoms with van der Waals surface area (Å²) >= 11 is 1.31. The molecule has 134 valence electrons. The molecule has 25 heavy (non-hydrogen) atoms. The second-order valence-electron chi connectivity index (χ2n) is 5.95. The molecule has 0 radical (unpaired) electrons. The molecule has 0 aliphatic rings. The van der Waals surface area contributed by atoms with Crippen molar-refractivity contribution in [2.75, 3.05) is 5.32 Å². The van der Waals surface area contributed by atoms with Crippen molar-refractivity contribution in [3.8, 4) is 10.6 Å². The molecule has 2 aromatic rings. The topological polar surface area (TPSA) is 84.0 Å². The van der Waals surface area contributed by atoms with E-state index in [1.165, 1.54) is 11.3 Å². The van der Waals surface area contributed by atoms with Crippen LogP contribution in [0.1, 0.15) is 40.0 Å². The maximum Gasteiger partial charge on any atom is 0.249 e. The Morgan fingerprint density at radius 1 is 1.16 bits per heavy atom. The van der Waals surface area contributed by atoms with Gasteiger partial charge in [-0.2, -0.15) is 0 Å². The molecule has 0 unspecified atom stereocenters. The van der Waals surface area contributed by atoms with Crippen LogP contribution < -0.4 is 10.6 Å². The number of carbonyl (C=O) groups is 2. The predicted octanol–water partition coefficient (Wildman–Crippen LogP) is 3.47. The van der Waals surface area contributed by atoms with Crippen LogP contribution in [0.4, 0.5) is 5.13 Å². The zero-order valence-corrected chi connectivity index (χ0v) is 15.6. The van der Waals surface area contributed by atoms with Crippen molar-refractivity contribution in [3.63, 3.8) is 0 Å². The molecule has 0 saturated carbocycles. The molecule has 0 saturated heterocycles. The summed E-state index contributed by atoms with van der Waals surface area (Å²) in [5.41, 5.74) is 0.954. The first-order valence-electron chi connectivity index (χ1n) is 8.54. The van der Waals surface area contributed by atoms with Crippen molar-refractivity contribution in [2.24, 2.45) is 5.92 Å². The Morgan fingerprint density at radius 2 is 1.88 bits per heavy atom. The van der Waals surface area contributed by atoms with Gasteiger partial charge in [-0.15, -0.1) is 10.2 Å². The third-order valence-corrected chi connectivity index (χ3v) is 4.85. The number of hydrogen-bond donors (Lipinski definition) is 2. The minimum atomic E-state index is -0.576. The maximum atomic E-state index is 12.6. The molecule has 0 aliphatic heterocycles. The number of rotatable bonds is 8. The molecule has 2 atom stereocenters. The van der Waals surface area contributed by atoms with Crippen molar-refractivity contribution in [3.05, 3.63) is 30.3 Å². The molecule has 1 aromatic heterocycles. The number of nitrogens with zero attached hydrogens (tertiary/aromatic N) is 2. The van der Waals surface area contributed by atoms with Gasteiger partial charge in [-0.1, -0.05) is 68.9 Å². The van der Waals surface area contributed by atoms with Crippen LogP contribution in [0.5, 0.6) is 0 Å². The van der Waals surface area contributed by atoms with E-state index < -0.39 is 6.04 Å². The lowest BCUT2D eigenvalue weighted by Crippen LogP contribution is -2.47. The normalized spacial score (nSPS) is 13.1. The summed E-state index contributed by atoms with van der Waals surface area (Å²) in [4.78, 5) is 24.5. The molecular formula is C18H24N4O2S. The molecule has 0 spiro atoms. The van der Waals surface area contributed by atoms with Crippen molar-refractivity contribution in [1.82, 2.24) is 15.5 Å². The average molecular weight is 360 g/mol. The lowest BCUT2D eigenvalue weighted by Gasteiger charge is -2.22.